The summed E-state index contributed by atoms with van der Waals surface area (Å²) in [6, 6.07) is 2.77. The number of hydrogen-bond donors (Lipinski definition) is 1. The van der Waals surface area contributed by atoms with E-state index in [4.69, 9.17) is 0 Å². The van der Waals surface area contributed by atoms with Crippen LogP contribution in [0.3, 0.4) is 0 Å². The first-order valence-corrected chi connectivity index (χ1v) is 7.62. The van der Waals surface area contributed by atoms with Gasteiger partial charge in [0.2, 0.25) is 0 Å². The van der Waals surface area contributed by atoms with E-state index >= 15 is 0 Å². The first-order valence-electron chi connectivity index (χ1n) is 7.62. The van der Waals surface area contributed by atoms with Gasteiger partial charge in [0.15, 0.2) is 0 Å². The van der Waals surface area contributed by atoms with Crippen molar-refractivity contribution >= 4 is 0 Å². The lowest BCUT2D eigenvalue weighted by Gasteiger charge is -2.27. The van der Waals surface area contributed by atoms with E-state index in [1.807, 2.05) is 0 Å². The molecular weight excluding hydrogens is 234 g/mol. The molecule has 0 radical (unpaired) electrons. The second-order valence-electron chi connectivity index (χ2n) is 6.71. The first-order chi connectivity index (χ1) is 8.85. The van der Waals surface area contributed by atoms with Crippen LogP contribution in [0.15, 0.2) is 6.07 Å². The molecule has 1 aromatic heterocycles. The Morgan fingerprint density at radius 3 is 2.53 bits per heavy atom. The highest BCUT2D eigenvalue weighted by Gasteiger charge is 2.20. The van der Waals surface area contributed by atoms with Gasteiger partial charge >= 0.3 is 0 Å². The van der Waals surface area contributed by atoms with Gasteiger partial charge in [-0.25, -0.2) is 0 Å². The fourth-order valence-electron chi connectivity index (χ4n) is 2.59. The maximum absolute atomic E-state index is 4.55. The van der Waals surface area contributed by atoms with E-state index in [1.165, 1.54) is 18.5 Å². The normalized spacial score (nSPS) is 13.8. The van der Waals surface area contributed by atoms with Gasteiger partial charge in [-0.3, -0.25) is 4.68 Å². The molecule has 0 bridgehead atoms. The van der Waals surface area contributed by atoms with Crippen LogP contribution < -0.4 is 5.32 Å². The Morgan fingerprint density at radius 2 is 2.00 bits per heavy atom. The van der Waals surface area contributed by atoms with Crippen LogP contribution in [0, 0.1) is 12.3 Å². The number of aromatic nitrogens is 2. The van der Waals surface area contributed by atoms with Gasteiger partial charge in [-0.1, -0.05) is 27.7 Å². The van der Waals surface area contributed by atoms with E-state index in [0.717, 1.165) is 25.2 Å². The lowest BCUT2D eigenvalue weighted by molar-refractivity contribution is 0.303. The van der Waals surface area contributed by atoms with Crippen molar-refractivity contribution in [1.82, 2.24) is 15.1 Å². The van der Waals surface area contributed by atoms with Gasteiger partial charge in [0.05, 0.1) is 5.69 Å². The Bertz CT molecular complexity index is 374. The molecule has 0 fully saturated rings. The zero-order chi connectivity index (χ0) is 14.5. The van der Waals surface area contributed by atoms with E-state index in [-0.39, 0.29) is 0 Å². The standard InChI is InChI=1S/C16H31N3/c1-7-9-17-14(12-16(4,5)6)11-15-10-13(3)18-19(15)8-2/h10,14,17H,7-9,11-12H2,1-6H3. The van der Waals surface area contributed by atoms with E-state index in [2.05, 4.69) is 62.7 Å². The summed E-state index contributed by atoms with van der Waals surface area (Å²) in [4.78, 5) is 0. The van der Waals surface area contributed by atoms with E-state index < -0.39 is 0 Å². The fourth-order valence-corrected chi connectivity index (χ4v) is 2.59. The molecule has 0 aliphatic rings. The van der Waals surface area contributed by atoms with E-state index in [9.17, 15) is 0 Å². The monoisotopic (exact) mass is 265 g/mol. The number of nitrogens with zero attached hydrogens (tertiary/aromatic N) is 2. The van der Waals surface area contributed by atoms with Crippen LogP contribution in [-0.4, -0.2) is 22.4 Å². The molecule has 110 valence electrons. The Hall–Kier alpha value is -0.830. The number of aryl methyl sites for hydroxylation is 2. The SMILES string of the molecule is CCCNC(Cc1cc(C)nn1CC)CC(C)(C)C. The highest BCUT2D eigenvalue weighted by atomic mass is 15.3. The highest BCUT2D eigenvalue weighted by Crippen LogP contribution is 2.23. The summed E-state index contributed by atoms with van der Waals surface area (Å²) >= 11 is 0. The lowest BCUT2D eigenvalue weighted by Crippen LogP contribution is -2.35. The van der Waals surface area contributed by atoms with Crippen LogP contribution in [-0.2, 0) is 13.0 Å². The Labute approximate surface area is 118 Å². The predicted molar refractivity (Wildman–Crippen MR) is 82.5 cm³/mol. The summed E-state index contributed by atoms with van der Waals surface area (Å²) in [5.74, 6) is 0. The maximum atomic E-state index is 4.55. The van der Waals surface area contributed by atoms with Crippen molar-refractivity contribution in [3.8, 4) is 0 Å². The Kier molecular flexibility index (Phi) is 6.05. The minimum Gasteiger partial charge on any atom is -0.314 e. The molecule has 1 aromatic rings. The molecule has 0 saturated heterocycles. The molecule has 3 heteroatoms. The molecule has 0 aliphatic carbocycles. The third-order valence-electron chi connectivity index (χ3n) is 3.28. The van der Waals surface area contributed by atoms with Crippen molar-refractivity contribution in [2.45, 2.75) is 73.4 Å². The molecule has 1 heterocycles. The number of nitrogens with one attached hydrogen (secondary N) is 1. The van der Waals surface area contributed by atoms with Gasteiger partial charge < -0.3 is 5.32 Å². The van der Waals surface area contributed by atoms with Gasteiger partial charge in [0.1, 0.15) is 0 Å². The molecule has 0 aromatic carbocycles. The quantitative estimate of drug-likeness (QED) is 0.817. The molecular formula is C16H31N3. The molecule has 1 N–H and O–H groups in total. The Morgan fingerprint density at radius 1 is 1.32 bits per heavy atom. The molecule has 0 spiro atoms. The van der Waals surface area contributed by atoms with Gasteiger partial charge in [-0.15, -0.1) is 0 Å². The molecule has 0 saturated carbocycles. The summed E-state index contributed by atoms with van der Waals surface area (Å²) in [6.07, 6.45) is 3.46. The molecule has 3 nitrogen and oxygen atoms in total. The minimum atomic E-state index is 0.359. The second kappa shape index (κ2) is 7.09. The van der Waals surface area contributed by atoms with Crippen molar-refractivity contribution in [3.05, 3.63) is 17.5 Å². The van der Waals surface area contributed by atoms with Gasteiger partial charge in [-0.05, 0) is 44.7 Å². The third-order valence-corrected chi connectivity index (χ3v) is 3.28. The first kappa shape index (κ1) is 16.2. The average Bonchev–Trinajstić information content (AvgIpc) is 2.64. The average molecular weight is 265 g/mol. The largest absolute Gasteiger partial charge is 0.314 e. The van der Waals surface area contributed by atoms with Crippen LogP contribution in [0.2, 0.25) is 0 Å². The zero-order valence-corrected chi connectivity index (χ0v) is 13.6. The van der Waals surface area contributed by atoms with Gasteiger partial charge in [-0.2, -0.15) is 5.10 Å². The zero-order valence-electron chi connectivity index (χ0n) is 13.6. The summed E-state index contributed by atoms with van der Waals surface area (Å²) in [5.41, 5.74) is 2.84. The minimum absolute atomic E-state index is 0.359. The van der Waals surface area contributed by atoms with Crippen LogP contribution in [0.1, 0.15) is 58.8 Å². The molecule has 0 aliphatic heterocycles. The van der Waals surface area contributed by atoms with Crippen LogP contribution in [0.4, 0.5) is 0 Å². The van der Waals surface area contributed by atoms with Gasteiger partial charge in [0, 0.05) is 24.7 Å². The highest BCUT2D eigenvalue weighted by molar-refractivity contribution is 5.10. The smallest absolute Gasteiger partial charge is 0.0596 e. The Balaban J connectivity index is 2.74. The molecule has 0 amide bonds. The molecule has 1 rings (SSSR count). The third kappa shape index (κ3) is 5.77. The second-order valence-corrected chi connectivity index (χ2v) is 6.71. The van der Waals surface area contributed by atoms with Crippen molar-refractivity contribution in [2.75, 3.05) is 6.54 Å². The van der Waals surface area contributed by atoms with Crippen LogP contribution in [0.25, 0.3) is 0 Å². The molecule has 19 heavy (non-hydrogen) atoms. The summed E-state index contributed by atoms with van der Waals surface area (Å²) in [5, 5.41) is 8.24. The topological polar surface area (TPSA) is 29.9 Å². The van der Waals surface area contributed by atoms with Crippen molar-refractivity contribution < 1.29 is 0 Å². The van der Waals surface area contributed by atoms with Crippen LogP contribution >= 0.6 is 0 Å². The number of rotatable bonds is 7. The van der Waals surface area contributed by atoms with E-state index in [0.29, 0.717) is 11.5 Å². The summed E-state index contributed by atoms with van der Waals surface area (Å²) in [6.45, 7) is 15.5. The summed E-state index contributed by atoms with van der Waals surface area (Å²) < 4.78 is 2.14. The lowest BCUT2D eigenvalue weighted by atomic mass is 9.86. The summed E-state index contributed by atoms with van der Waals surface area (Å²) in [7, 11) is 0. The number of hydrogen-bond acceptors (Lipinski definition) is 2. The van der Waals surface area contributed by atoms with Crippen molar-refractivity contribution in [1.29, 1.82) is 0 Å². The molecule has 1 unspecified atom stereocenters. The maximum Gasteiger partial charge on any atom is 0.0596 e. The predicted octanol–water partition coefficient (Wildman–Crippen LogP) is 3.56. The fraction of sp³-hybridized carbons (Fsp3) is 0.812. The van der Waals surface area contributed by atoms with Gasteiger partial charge in [0.25, 0.3) is 0 Å². The van der Waals surface area contributed by atoms with E-state index in [1.54, 1.807) is 0 Å². The van der Waals surface area contributed by atoms with Crippen molar-refractivity contribution in [3.63, 3.8) is 0 Å². The van der Waals surface area contributed by atoms with Crippen LogP contribution in [0.5, 0.6) is 0 Å². The van der Waals surface area contributed by atoms with Crippen molar-refractivity contribution in [2.24, 2.45) is 5.41 Å². The molecule has 1 atom stereocenters.